The van der Waals surface area contributed by atoms with Crippen molar-refractivity contribution in [1.29, 1.82) is 0 Å². The first-order valence-electron chi connectivity index (χ1n) is 7.06. The molecule has 0 atom stereocenters. The van der Waals surface area contributed by atoms with E-state index < -0.39 is 11.6 Å². The summed E-state index contributed by atoms with van der Waals surface area (Å²) in [6.07, 6.45) is 5.31. The van der Waals surface area contributed by atoms with Crippen LogP contribution in [0.4, 0.5) is 14.5 Å². The van der Waals surface area contributed by atoms with Crippen LogP contribution in [0, 0.1) is 17.6 Å². The second kappa shape index (κ2) is 6.48. The fraction of sp³-hybridized carbons (Fsp3) is 0.533. The summed E-state index contributed by atoms with van der Waals surface area (Å²) in [5, 5.41) is 2.99. The maximum atomic E-state index is 14.0. The van der Waals surface area contributed by atoms with Crippen molar-refractivity contribution < 1.29 is 8.78 Å². The molecule has 0 aromatic heterocycles. The van der Waals surface area contributed by atoms with E-state index >= 15 is 0 Å². The average Bonchev–Trinajstić information content (AvgIpc) is 2.43. The van der Waals surface area contributed by atoms with Gasteiger partial charge in [-0.1, -0.05) is 25.6 Å². The van der Waals surface area contributed by atoms with E-state index in [9.17, 15) is 8.78 Å². The molecule has 0 radical (unpaired) electrons. The summed E-state index contributed by atoms with van der Waals surface area (Å²) < 4.78 is 27.9. The Morgan fingerprint density at radius 1 is 1.25 bits per heavy atom. The standard InChI is InChI=1S/C15H20F2N2S/c1-2-9-3-5-11(6-4-9)19-14-12(16)7-10(15(18)20)8-13(14)17/h7-9,11,19H,2-6H2,1H3,(H2,18,20). The zero-order valence-corrected chi connectivity index (χ0v) is 12.4. The van der Waals surface area contributed by atoms with E-state index in [-0.39, 0.29) is 22.3 Å². The van der Waals surface area contributed by atoms with E-state index in [0.717, 1.165) is 31.6 Å². The molecular formula is C15H20F2N2S. The molecule has 1 aliphatic carbocycles. The normalized spacial score (nSPS) is 22.6. The van der Waals surface area contributed by atoms with Gasteiger partial charge in [-0.2, -0.15) is 0 Å². The molecule has 0 unspecified atom stereocenters. The number of hydrogen-bond donors (Lipinski definition) is 2. The number of thiocarbonyl (C=S) groups is 1. The minimum atomic E-state index is -0.634. The van der Waals surface area contributed by atoms with Crippen molar-refractivity contribution in [3.05, 3.63) is 29.3 Å². The zero-order valence-electron chi connectivity index (χ0n) is 11.6. The largest absolute Gasteiger partial charge is 0.389 e. The Kier molecular flexibility index (Phi) is 4.91. The summed E-state index contributed by atoms with van der Waals surface area (Å²) in [4.78, 5) is -0.00203. The highest BCUT2D eigenvalue weighted by atomic mass is 32.1. The lowest BCUT2D eigenvalue weighted by molar-refractivity contribution is 0.329. The fourth-order valence-corrected chi connectivity index (χ4v) is 2.89. The molecule has 0 spiro atoms. The van der Waals surface area contributed by atoms with Gasteiger partial charge in [0.25, 0.3) is 0 Å². The van der Waals surface area contributed by atoms with Crippen LogP contribution in [-0.4, -0.2) is 11.0 Å². The highest BCUT2D eigenvalue weighted by Crippen LogP contribution is 2.30. The van der Waals surface area contributed by atoms with Crippen molar-refractivity contribution in [3.63, 3.8) is 0 Å². The Bertz CT molecular complexity index is 474. The molecule has 1 saturated carbocycles. The van der Waals surface area contributed by atoms with Gasteiger partial charge < -0.3 is 11.1 Å². The van der Waals surface area contributed by atoms with Crippen molar-refractivity contribution in [2.24, 2.45) is 11.7 Å². The second-order valence-electron chi connectivity index (χ2n) is 5.45. The first kappa shape index (κ1) is 15.2. The lowest BCUT2D eigenvalue weighted by atomic mass is 9.84. The summed E-state index contributed by atoms with van der Waals surface area (Å²) in [7, 11) is 0. The van der Waals surface area contributed by atoms with Crippen LogP contribution in [0.15, 0.2) is 12.1 Å². The first-order valence-corrected chi connectivity index (χ1v) is 7.47. The van der Waals surface area contributed by atoms with E-state index in [2.05, 4.69) is 12.2 Å². The van der Waals surface area contributed by atoms with E-state index in [1.807, 2.05) is 0 Å². The highest BCUT2D eigenvalue weighted by Gasteiger charge is 2.22. The number of hydrogen-bond acceptors (Lipinski definition) is 2. The molecule has 1 aliphatic rings. The Labute approximate surface area is 123 Å². The maximum absolute atomic E-state index is 14.0. The van der Waals surface area contributed by atoms with E-state index in [1.54, 1.807) is 0 Å². The molecule has 110 valence electrons. The third-order valence-corrected chi connectivity index (χ3v) is 4.33. The topological polar surface area (TPSA) is 38.0 Å². The monoisotopic (exact) mass is 298 g/mol. The summed E-state index contributed by atoms with van der Waals surface area (Å²) in [6.45, 7) is 2.19. The van der Waals surface area contributed by atoms with Gasteiger partial charge in [-0.15, -0.1) is 0 Å². The molecule has 2 rings (SSSR count). The van der Waals surface area contributed by atoms with Crippen molar-refractivity contribution in [1.82, 2.24) is 0 Å². The van der Waals surface area contributed by atoms with E-state index in [4.69, 9.17) is 18.0 Å². The fourth-order valence-electron chi connectivity index (χ4n) is 2.77. The van der Waals surface area contributed by atoms with Crippen LogP contribution in [0.5, 0.6) is 0 Å². The molecule has 0 heterocycles. The van der Waals surface area contributed by atoms with Gasteiger partial charge in [0.2, 0.25) is 0 Å². The van der Waals surface area contributed by atoms with Crippen molar-refractivity contribution in [2.45, 2.75) is 45.1 Å². The van der Waals surface area contributed by atoms with Crippen LogP contribution >= 0.6 is 12.2 Å². The molecule has 2 nitrogen and oxygen atoms in total. The molecule has 5 heteroatoms. The van der Waals surface area contributed by atoms with Crippen LogP contribution < -0.4 is 11.1 Å². The van der Waals surface area contributed by atoms with Gasteiger partial charge in [0.1, 0.15) is 22.3 Å². The predicted molar refractivity (Wildman–Crippen MR) is 81.9 cm³/mol. The maximum Gasteiger partial charge on any atom is 0.150 e. The molecule has 3 N–H and O–H groups in total. The van der Waals surface area contributed by atoms with Crippen molar-refractivity contribution in [3.8, 4) is 0 Å². The number of nitrogens with two attached hydrogens (primary N) is 1. The summed E-state index contributed by atoms with van der Waals surface area (Å²) in [6, 6.07) is 2.51. The minimum Gasteiger partial charge on any atom is -0.389 e. The molecule has 0 bridgehead atoms. The van der Waals surface area contributed by atoms with Gasteiger partial charge in [0, 0.05) is 11.6 Å². The van der Waals surface area contributed by atoms with Gasteiger partial charge >= 0.3 is 0 Å². The van der Waals surface area contributed by atoms with Gasteiger partial charge in [-0.05, 0) is 43.7 Å². The molecule has 0 saturated heterocycles. The summed E-state index contributed by atoms with van der Waals surface area (Å²) in [5.41, 5.74) is 5.55. The number of halogens is 2. The highest BCUT2D eigenvalue weighted by molar-refractivity contribution is 7.80. The van der Waals surface area contributed by atoms with Gasteiger partial charge in [-0.3, -0.25) is 0 Å². The van der Waals surface area contributed by atoms with Gasteiger partial charge in [-0.25, -0.2) is 8.78 Å². The Morgan fingerprint density at radius 2 is 1.80 bits per heavy atom. The number of nitrogens with one attached hydrogen (secondary N) is 1. The molecule has 20 heavy (non-hydrogen) atoms. The lowest BCUT2D eigenvalue weighted by Gasteiger charge is -2.29. The molecule has 0 amide bonds. The Balaban J connectivity index is 2.08. The summed E-state index contributed by atoms with van der Waals surface area (Å²) in [5.74, 6) is -0.518. The molecular weight excluding hydrogens is 278 g/mol. The van der Waals surface area contributed by atoms with Crippen LogP contribution in [0.3, 0.4) is 0 Å². The summed E-state index contributed by atoms with van der Waals surface area (Å²) >= 11 is 4.74. The van der Waals surface area contributed by atoms with Crippen LogP contribution in [0.25, 0.3) is 0 Å². The zero-order chi connectivity index (χ0) is 14.7. The van der Waals surface area contributed by atoms with Crippen LogP contribution in [-0.2, 0) is 0 Å². The van der Waals surface area contributed by atoms with E-state index in [0.29, 0.717) is 0 Å². The third-order valence-electron chi connectivity index (χ3n) is 4.10. The lowest BCUT2D eigenvalue weighted by Crippen LogP contribution is -2.27. The first-order chi connectivity index (χ1) is 9.51. The number of benzene rings is 1. The molecule has 1 aromatic carbocycles. The smallest absolute Gasteiger partial charge is 0.150 e. The molecule has 1 aromatic rings. The Hall–Kier alpha value is -1.23. The van der Waals surface area contributed by atoms with Gasteiger partial charge in [0.15, 0.2) is 0 Å². The molecule has 1 fully saturated rings. The van der Waals surface area contributed by atoms with Crippen LogP contribution in [0.1, 0.15) is 44.6 Å². The van der Waals surface area contributed by atoms with Gasteiger partial charge in [0.05, 0.1) is 0 Å². The number of rotatable bonds is 4. The third kappa shape index (κ3) is 3.45. The average molecular weight is 298 g/mol. The SMILES string of the molecule is CCC1CCC(Nc2c(F)cc(C(N)=S)cc2F)CC1. The van der Waals surface area contributed by atoms with Crippen LogP contribution in [0.2, 0.25) is 0 Å². The quantitative estimate of drug-likeness (QED) is 0.826. The van der Waals surface area contributed by atoms with E-state index in [1.165, 1.54) is 18.6 Å². The second-order valence-corrected chi connectivity index (χ2v) is 5.89. The Morgan fingerprint density at radius 3 is 2.25 bits per heavy atom. The van der Waals surface area contributed by atoms with Crippen molar-refractivity contribution in [2.75, 3.05) is 5.32 Å². The molecule has 0 aliphatic heterocycles. The van der Waals surface area contributed by atoms with Crippen molar-refractivity contribution >= 4 is 22.9 Å². The minimum absolute atomic E-state index is 0.00203. The number of anilines is 1. The predicted octanol–water partition coefficient (Wildman–Crippen LogP) is 3.98.